The number of aromatic nitrogens is 4. The van der Waals surface area contributed by atoms with Crippen molar-refractivity contribution in [2.24, 2.45) is 0 Å². The van der Waals surface area contributed by atoms with Gasteiger partial charge in [0.2, 0.25) is 5.91 Å². The number of amides is 1. The average Bonchev–Trinajstić information content (AvgIpc) is 3.26. The van der Waals surface area contributed by atoms with E-state index in [2.05, 4.69) is 15.4 Å². The molecular weight excluding hydrogens is 390 g/mol. The standard InChI is InChI=1S/C20H19N5O3S/c1-10(2)16-17-18(29-19(23-17)11-3-4-11)20(27)25(24-16)8-15(26)22-12-5-6-13-14(7-12)28-9-21-13/h5-7,9-11H,3-4,8H2,1-2H3,(H,22,26). The summed E-state index contributed by atoms with van der Waals surface area (Å²) in [6, 6.07) is 5.20. The maximum Gasteiger partial charge on any atom is 0.286 e. The van der Waals surface area contributed by atoms with Crippen molar-refractivity contribution >= 4 is 44.2 Å². The Kier molecular flexibility index (Phi) is 4.20. The molecule has 0 atom stereocenters. The van der Waals surface area contributed by atoms with Crippen molar-refractivity contribution in [1.82, 2.24) is 19.7 Å². The fraction of sp³-hybridized carbons (Fsp3) is 0.350. The average molecular weight is 409 g/mol. The van der Waals surface area contributed by atoms with E-state index in [1.165, 1.54) is 22.4 Å². The number of anilines is 1. The molecule has 9 heteroatoms. The van der Waals surface area contributed by atoms with Crippen molar-refractivity contribution < 1.29 is 9.21 Å². The second-order valence-corrected chi connectivity index (χ2v) is 8.62. The molecule has 3 aromatic heterocycles. The summed E-state index contributed by atoms with van der Waals surface area (Å²) in [5, 5.41) is 8.27. The van der Waals surface area contributed by atoms with Gasteiger partial charge in [-0.15, -0.1) is 11.3 Å². The van der Waals surface area contributed by atoms with Crippen LogP contribution < -0.4 is 10.9 Å². The molecule has 1 amide bonds. The predicted octanol–water partition coefficient (Wildman–Crippen LogP) is 3.63. The number of thiazole rings is 1. The minimum Gasteiger partial charge on any atom is -0.443 e. The van der Waals surface area contributed by atoms with E-state index in [-0.39, 0.29) is 23.9 Å². The number of carbonyl (C=O) groups is 1. The third-order valence-electron chi connectivity index (χ3n) is 4.93. The molecule has 0 bridgehead atoms. The van der Waals surface area contributed by atoms with E-state index in [4.69, 9.17) is 9.40 Å². The first-order chi connectivity index (χ1) is 14.0. The molecule has 4 aromatic rings. The maximum absolute atomic E-state index is 13.0. The highest BCUT2D eigenvalue weighted by Gasteiger charge is 2.29. The third kappa shape index (κ3) is 3.31. The van der Waals surface area contributed by atoms with Crippen LogP contribution in [-0.2, 0) is 11.3 Å². The van der Waals surface area contributed by atoms with Crippen LogP contribution >= 0.6 is 11.3 Å². The van der Waals surface area contributed by atoms with Gasteiger partial charge in [-0.3, -0.25) is 9.59 Å². The number of nitrogens with zero attached hydrogens (tertiary/aromatic N) is 4. The van der Waals surface area contributed by atoms with Crippen molar-refractivity contribution in [1.29, 1.82) is 0 Å². The number of oxazole rings is 1. The number of rotatable bonds is 5. The molecule has 148 valence electrons. The van der Waals surface area contributed by atoms with Gasteiger partial charge in [0.1, 0.15) is 22.3 Å². The van der Waals surface area contributed by atoms with Crippen LogP contribution in [0, 0.1) is 0 Å². The largest absolute Gasteiger partial charge is 0.443 e. The molecule has 1 fully saturated rings. The normalized spacial score (nSPS) is 14.2. The van der Waals surface area contributed by atoms with Crippen molar-refractivity contribution in [2.45, 2.75) is 45.1 Å². The van der Waals surface area contributed by atoms with Crippen LogP contribution in [0.4, 0.5) is 5.69 Å². The van der Waals surface area contributed by atoms with E-state index in [0.717, 1.165) is 23.5 Å². The molecular formula is C20H19N5O3S. The molecule has 5 rings (SSSR count). The Bertz CT molecular complexity index is 1300. The van der Waals surface area contributed by atoms with Crippen LogP contribution in [0.3, 0.4) is 0 Å². The van der Waals surface area contributed by atoms with E-state index in [0.29, 0.717) is 32.9 Å². The lowest BCUT2D eigenvalue weighted by Gasteiger charge is -2.10. The van der Waals surface area contributed by atoms with Crippen LogP contribution in [0.25, 0.3) is 21.3 Å². The Morgan fingerprint density at radius 1 is 1.38 bits per heavy atom. The van der Waals surface area contributed by atoms with Gasteiger partial charge in [-0.25, -0.2) is 14.6 Å². The minimum atomic E-state index is -0.334. The molecule has 0 aliphatic heterocycles. The predicted molar refractivity (Wildman–Crippen MR) is 110 cm³/mol. The maximum atomic E-state index is 13.0. The lowest BCUT2D eigenvalue weighted by atomic mass is 10.1. The fourth-order valence-corrected chi connectivity index (χ4v) is 4.45. The molecule has 1 aromatic carbocycles. The molecule has 3 heterocycles. The molecule has 29 heavy (non-hydrogen) atoms. The molecule has 0 radical (unpaired) electrons. The molecule has 0 spiro atoms. The van der Waals surface area contributed by atoms with E-state index in [1.54, 1.807) is 18.2 Å². The third-order valence-corrected chi connectivity index (χ3v) is 6.13. The topological polar surface area (TPSA) is 103 Å². The number of hydrogen-bond acceptors (Lipinski definition) is 7. The van der Waals surface area contributed by atoms with Crippen molar-refractivity contribution in [2.75, 3.05) is 5.32 Å². The van der Waals surface area contributed by atoms with Crippen LogP contribution in [0.1, 0.15) is 49.2 Å². The zero-order chi connectivity index (χ0) is 20.1. The Balaban J connectivity index is 1.46. The minimum absolute atomic E-state index is 0.0930. The van der Waals surface area contributed by atoms with E-state index < -0.39 is 0 Å². The summed E-state index contributed by atoms with van der Waals surface area (Å²) in [6.45, 7) is 3.86. The van der Waals surface area contributed by atoms with E-state index in [1.807, 2.05) is 13.8 Å². The van der Waals surface area contributed by atoms with E-state index in [9.17, 15) is 9.59 Å². The molecule has 1 saturated carbocycles. The Labute approximate surface area is 169 Å². The summed E-state index contributed by atoms with van der Waals surface area (Å²) < 4.78 is 7.09. The fourth-order valence-electron chi connectivity index (χ4n) is 3.27. The summed E-state index contributed by atoms with van der Waals surface area (Å²) in [7, 11) is 0. The van der Waals surface area contributed by atoms with Crippen molar-refractivity contribution in [3.05, 3.63) is 45.6 Å². The summed E-state index contributed by atoms with van der Waals surface area (Å²) in [5.41, 5.74) is 3.03. The Morgan fingerprint density at radius 3 is 2.97 bits per heavy atom. The highest BCUT2D eigenvalue weighted by atomic mass is 32.1. The van der Waals surface area contributed by atoms with Crippen LogP contribution in [0.5, 0.6) is 0 Å². The van der Waals surface area contributed by atoms with Gasteiger partial charge < -0.3 is 9.73 Å². The zero-order valence-electron chi connectivity index (χ0n) is 16.0. The molecule has 1 aliphatic rings. The van der Waals surface area contributed by atoms with Crippen LogP contribution in [-0.4, -0.2) is 25.7 Å². The van der Waals surface area contributed by atoms with Crippen LogP contribution in [0.2, 0.25) is 0 Å². The van der Waals surface area contributed by atoms with Gasteiger partial charge in [0.25, 0.3) is 5.56 Å². The smallest absolute Gasteiger partial charge is 0.286 e. The number of benzene rings is 1. The SMILES string of the molecule is CC(C)c1nn(CC(=O)Nc2ccc3ncoc3c2)c(=O)c2sc(C3CC3)nc12. The first-order valence-electron chi connectivity index (χ1n) is 9.54. The molecule has 1 aliphatic carbocycles. The Morgan fingerprint density at radius 2 is 2.21 bits per heavy atom. The first-order valence-corrected chi connectivity index (χ1v) is 10.4. The molecule has 8 nitrogen and oxygen atoms in total. The van der Waals surface area contributed by atoms with Gasteiger partial charge in [0.05, 0.1) is 10.7 Å². The first kappa shape index (κ1) is 18.0. The molecule has 1 N–H and O–H groups in total. The molecule has 0 saturated heterocycles. The molecule has 0 unspecified atom stereocenters. The summed E-state index contributed by atoms with van der Waals surface area (Å²) in [4.78, 5) is 34.3. The summed E-state index contributed by atoms with van der Waals surface area (Å²) in [6.07, 6.45) is 3.60. The van der Waals surface area contributed by atoms with Gasteiger partial charge in [0, 0.05) is 17.7 Å². The van der Waals surface area contributed by atoms with Crippen molar-refractivity contribution in [3.63, 3.8) is 0 Å². The lowest BCUT2D eigenvalue weighted by Crippen LogP contribution is -2.30. The zero-order valence-corrected chi connectivity index (χ0v) is 16.8. The van der Waals surface area contributed by atoms with Gasteiger partial charge >= 0.3 is 0 Å². The van der Waals surface area contributed by atoms with Crippen molar-refractivity contribution in [3.8, 4) is 0 Å². The van der Waals surface area contributed by atoms with Gasteiger partial charge in [0.15, 0.2) is 12.0 Å². The van der Waals surface area contributed by atoms with E-state index >= 15 is 0 Å². The number of fused-ring (bicyclic) bond motifs is 2. The van der Waals surface area contributed by atoms with Gasteiger partial charge in [-0.05, 0) is 30.9 Å². The van der Waals surface area contributed by atoms with Crippen LogP contribution in [0.15, 0.2) is 33.8 Å². The monoisotopic (exact) mass is 409 g/mol. The second-order valence-electron chi connectivity index (χ2n) is 7.59. The lowest BCUT2D eigenvalue weighted by molar-refractivity contribution is -0.117. The number of hydrogen-bond donors (Lipinski definition) is 1. The highest BCUT2D eigenvalue weighted by molar-refractivity contribution is 7.18. The Hall–Kier alpha value is -3.07. The second kappa shape index (κ2) is 6.77. The quantitative estimate of drug-likeness (QED) is 0.540. The number of nitrogens with one attached hydrogen (secondary N) is 1. The van der Waals surface area contributed by atoms with Gasteiger partial charge in [-0.2, -0.15) is 5.10 Å². The summed E-state index contributed by atoms with van der Waals surface area (Å²) >= 11 is 1.44. The number of carbonyl (C=O) groups excluding carboxylic acids is 1. The van der Waals surface area contributed by atoms with Gasteiger partial charge in [-0.1, -0.05) is 13.8 Å². The summed E-state index contributed by atoms with van der Waals surface area (Å²) in [5.74, 6) is 0.226. The highest BCUT2D eigenvalue weighted by Crippen LogP contribution is 2.43.